The van der Waals surface area contributed by atoms with Crippen LogP contribution in [-0.4, -0.2) is 31.5 Å². The van der Waals surface area contributed by atoms with Crippen molar-refractivity contribution >= 4 is 45.0 Å². The van der Waals surface area contributed by atoms with Crippen LogP contribution in [0, 0.1) is 0 Å². The molecule has 7 nitrogen and oxygen atoms in total. The largest absolute Gasteiger partial charge is 0.324 e. The molecule has 0 bridgehead atoms. The standard InChI is InChI=1S/C22H25N3O4S2/c1-14-21(26)24-19-13-15(7-12-20(19)30-14)22(27)23-16-8-10-18(11-9-16)31(28,29)25-17-5-3-2-4-6-17/h7-14,17,25H,2-6H2,1H3,(H,23,27)(H,24,26). The molecule has 0 saturated heterocycles. The minimum atomic E-state index is -3.58. The smallest absolute Gasteiger partial charge is 0.255 e. The molecule has 3 N–H and O–H groups in total. The summed E-state index contributed by atoms with van der Waals surface area (Å²) in [5, 5.41) is 5.41. The maximum Gasteiger partial charge on any atom is 0.255 e. The van der Waals surface area contributed by atoms with Gasteiger partial charge >= 0.3 is 0 Å². The van der Waals surface area contributed by atoms with Gasteiger partial charge in [-0.25, -0.2) is 13.1 Å². The molecule has 31 heavy (non-hydrogen) atoms. The number of carbonyl (C=O) groups excluding carboxylic acids is 2. The SMILES string of the molecule is CC1Sc2ccc(C(=O)Nc3ccc(S(=O)(=O)NC4CCCCC4)cc3)cc2NC1=O. The molecule has 1 fully saturated rings. The molecule has 9 heteroatoms. The van der Waals surface area contributed by atoms with Gasteiger partial charge in [-0.05, 0) is 62.2 Å². The molecule has 1 aliphatic carbocycles. The summed E-state index contributed by atoms with van der Waals surface area (Å²) in [6.07, 6.45) is 4.98. The second-order valence-corrected chi connectivity index (χ2v) is 11.0. The Balaban J connectivity index is 1.42. The second-order valence-electron chi connectivity index (χ2n) is 7.89. The van der Waals surface area contributed by atoms with E-state index in [-0.39, 0.29) is 28.0 Å². The third-order valence-electron chi connectivity index (χ3n) is 5.52. The Morgan fingerprint density at radius 2 is 1.77 bits per heavy atom. The van der Waals surface area contributed by atoms with Crippen molar-refractivity contribution in [3.8, 4) is 0 Å². The average Bonchev–Trinajstić information content (AvgIpc) is 2.75. The van der Waals surface area contributed by atoms with E-state index in [1.165, 1.54) is 23.9 Å². The highest BCUT2D eigenvalue weighted by atomic mass is 32.2. The number of benzene rings is 2. The molecule has 0 spiro atoms. The van der Waals surface area contributed by atoms with E-state index >= 15 is 0 Å². The lowest BCUT2D eigenvalue weighted by Crippen LogP contribution is -2.36. The van der Waals surface area contributed by atoms with Crippen LogP contribution in [0.3, 0.4) is 0 Å². The van der Waals surface area contributed by atoms with Gasteiger partial charge in [-0.1, -0.05) is 19.3 Å². The Kier molecular flexibility index (Phi) is 6.36. The predicted molar refractivity (Wildman–Crippen MR) is 122 cm³/mol. The summed E-state index contributed by atoms with van der Waals surface area (Å²) in [5.74, 6) is -0.426. The fraction of sp³-hybridized carbons (Fsp3) is 0.364. The lowest BCUT2D eigenvalue weighted by molar-refractivity contribution is -0.115. The summed E-state index contributed by atoms with van der Waals surface area (Å²) in [6, 6.07) is 11.3. The van der Waals surface area contributed by atoms with E-state index in [1.54, 1.807) is 24.3 Å². The van der Waals surface area contributed by atoms with Crippen molar-refractivity contribution in [2.24, 2.45) is 0 Å². The monoisotopic (exact) mass is 459 g/mol. The minimum Gasteiger partial charge on any atom is -0.324 e. The van der Waals surface area contributed by atoms with Gasteiger partial charge in [0.15, 0.2) is 0 Å². The lowest BCUT2D eigenvalue weighted by Gasteiger charge is -2.22. The van der Waals surface area contributed by atoms with Gasteiger partial charge in [-0.15, -0.1) is 11.8 Å². The van der Waals surface area contributed by atoms with Gasteiger partial charge < -0.3 is 10.6 Å². The van der Waals surface area contributed by atoms with Crippen molar-refractivity contribution in [3.05, 3.63) is 48.0 Å². The van der Waals surface area contributed by atoms with E-state index in [9.17, 15) is 18.0 Å². The van der Waals surface area contributed by atoms with E-state index in [0.29, 0.717) is 16.9 Å². The van der Waals surface area contributed by atoms with Crippen LogP contribution in [0.5, 0.6) is 0 Å². The summed E-state index contributed by atoms with van der Waals surface area (Å²) in [5.41, 5.74) is 1.52. The van der Waals surface area contributed by atoms with Crippen LogP contribution in [0.1, 0.15) is 49.4 Å². The average molecular weight is 460 g/mol. The molecular weight excluding hydrogens is 434 g/mol. The molecule has 1 saturated carbocycles. The van der Waals surface area contributed by atoms with Crippen molar-refractivity contribution in [2.75, 3.05) is 10.6 Å². The molecule has 1 heterocycles. The van der Waals surface area contributed by atoms with Crippen molar-refractivity contribution in [3.63, 3.8) is 0 Å². The van der Waals surface area contributed by atoms with Crippen LogP contribution in [0.2, 0.25) is 0 Å². The third kappa shape index (κ3) is 5.11. The van der Waals surface area contributed by atoms with Crippen LogP contribution in [0.4, 0.5) is 11.4 Å². The van der Waals surface area contributed by atoms with Crippen molar-refractivity contribution in [1.82, 2.24) is 4.72 Å². The first-order chi connectivity index (χ1) is 14.8. The molecule has 2 amide bonds. The quantitative estimate of drug-likeness (QED) is 0.627. The lowest BCUT2D eigenvalue weighted by atomic mass is 9.96. The fourth-order valence-corrected chi connectivity index (χ4v) is 6.01. The number of hydrogen-bond acceptors (Lipinski definition) is 5. The normalized spacial score (nSPS) is 19.4. The van der Waals surface area contributed by atoms with Gasteiger partial charge in [0.1, 0.15) is 0 Å². The summed E-state index contributed by atoms with van der Waals surface area (Å²) in [7, 11) is -3.58. The Morgan fingerprint density at radius 1 is 1.06 bits per heavy atom. The van der Waals surface area contributed by atoms with Crippen LogP contribution in [0.15, 0.2) is 52.3 Å². The first-order valence-electron chi connectivity index (χ1n) is 10.4. The molecule has 1 unspecified atom stereocenters. The van der Waals surface area contributed by atoms with Gasteiger partial charge in [0.2, 0.25) is 15.9 Å². The van der Waals surface area contributed by atoms with E-state index in [0.717, 1.165) is 37.0 Å². The number of thioether (sulfide) groups is 1. The Morgan fingerprint density at radius 3 is 2.48 bits per heavy atom. The molecule has 1 aliphatic heterocycles. The van der Waals surface area contributed by atoms with Crippen LogP contribution in [0.25, 0.3) is 0 Å². The molecule has 0 aromatic heterocycles. The van der Waals surface area contributed by atoms with E-state index in [1.807, 2.05) is 13.0 Å². The van der Waals surface area contributed by atoms with Crippen molar-refractivity contribution in [2.45, 2.75) is 60.1 Å². The molecule has 2 aromatic carbocycles. The number of anilines is 2. The van der Waals surface area contributed by atoms with Gasteiger partial charge in [0.05, 0.1) is 15.8 Å². The topological polar surface area (TPSA) is 104 Å². The van der Waals surface area contributed by atoms with E-state index in [2.05, 4.69) is 15.4 Å². The van der Waals surface area contributed by atoms with E-state index in [4.69, 9.17) is 0 Å². The first-order valence-corrected chi connectivity index (χ1v) is 12.7. The Labute approximate surface area is 186 Å². The highest BCUT2D eigenvalue weighted by molar-refractivity contribution is 8.01. The fourth-order valence-electron chi connectivity index (χ4n) is 3.78. The Hall–Kier alpha value is -2.36. The first kappa shape index (κ1) is 21.9. The minimum absolute atomic E-state index is 0.0104. The number of carbonyl (C=O) groups is 2. The number of sulfonamides is 1. The molecule has 2 aromatic rings. The number of amides is 2. The zero-order valence-electron chi connectivity index (χ0n) is 17.2. The third-order valence-corrected chi connectivity index (χ3v) is 8.24. The molecule has 2 aliphatic rings. The van der Waals surface area contributed by atoms with E-state index < -0.39 is 10.0 Å². The predicted octanol–water partition coefficient (Wildman–Crippen LogP) is 3.98. The van der Waals surface area contributed by atoms with Crippen LogP contribution >= 0.6 is 11.8 Å². The Bertz CT molecular complexity index is 1090. The maximum absolute atomic E-state index is 12.6. The molecule has 164 valence electrons. The van der Waals surface area contributed by atoms with Crippen molar-refractivity contribution < 1.29 is 18.0 Å². The second kappa shape index (κ2) is 9.02. The zero-order chi connectivity index (χ0) is 22.0. The summed E-state index contributed by atoms with van der Waals surface area (Å²) in [6.45, 7) is 1.83. The highest BCUT2D eigenvalue weighted by Gasteiger charge is 2.24. The number of rotatable bonds is 5. The summed E-state index contributed by atoms with van der Waals surface area (Å²) >= 11 is 1.45. The number of hydrogen-bond donors (Lipinski definition) is 3. The molecule has 0 radical (unpaired) electrons. The van der Waals surface area contributed by atoms with Gasteiger partial charge in [-0.3, -0.25) is 9.59 Å². The maximum atomic E-state index is 12.6. The molecule has 4 rings (SSSR count). The number of fused-ring (bicyclic) bond motifs is 1. The number of nitrogens with one attached hydrogen (secondary N) is 3. The van der Waals surface area contributed by atoms with Crippen molar-refractivity contribution in [1.29, 1.82) is 0 Å². The molecular formula is C22H25N3O4S2. The van der Waals surface area contributed by atoms with Crippen LogP contribution < -0.4 is 15.4 Å². The molecule has 1 atom stereocenters. The summed E-state index contributed by atoms with van der Waals surface area (Å²) in [4.78, 5) is 25.6. The van der Waals surface area contributed by atoms with Gasteiger partial charge in [-0.2, -0.15) is 0 Å². The zero-order valence-corrected chi connectivity index (χ0v) is 18.8. The summed E-state index contributed by atoms with van der Waals surface area (Å²) < 4.78 is 28.0. The van der Waals surface area contributed by atoms with Gasteiger partial charge in [0.25, 0.3) is 5.91 Å². The highest BCUT2D eigenvalue weighted by Crippen LogP contribution is 2.36. The van der Waals surface area contributed by atoms with Crippen LogP contribution in [-0.2, 0) is 14.8 Å². The van der Waals surface area contributed by atoms with Gasteiger partial charge in [0, 0.05) is 22.2 Å².